The van der Waals surface area contributed by atoms with Crippen molar-refractivity contribution in [2.45, 2.75) is 51.4 Å². The molecule has 1 aromatic heterocycles. The van der Waals surface area contributed by atoms with Crippen LogP contribution in [0.1, 0.15) is 72.0 Å². The third-order valence-electron chi connectivity index (χ3n) is 5.04. The van der Waals surface area contributed by atoms with Crippen LogP contribution in [-0.4, -0.2) is 15.9 Å². The van der Waals surface area contributed by atoms with E-state index in [0.717, 1.165) is 36.0 Å². The molecule has 2 fully saturated rings. The van der Waals surface area contributed by atoms with E-state index in [1.807, 2.05) is 19.1 Å². The molecule has 1 aromatic carbocycles. The number of carbonyl (C=O) groups is 1. The number of benzene rings is 1. The Labute approximate surface area is 142 Å². The molecule has 4 heteroatoms. The van der Waals surface area contributed by atoms with Gasteiger partial charge in [-0.05, 0) is 68.2 Å². The summed E-state index contributed by atoms with van der Waals surface area (Å²) in [6, 6.07) is 9.99. The highest BCUT2D eigenvalue weighted by atomic mass is 16.1. The summed E-state index contributed by atoms with van der Waals surface area (Å²) >= 11 is 0. The minimum atomic E-state index is -0.151. The Morgan fingerprint density at radius 2 is 1.92 bits per heavy atom. The van der Waals surface area contributed by atoms with Gasteiger partial charge >= 0.3 is 0 Å². The summed E-state index contributed by atoms with van der Waals surface area (Å²) in [4.78, 5) is 21.5. The number of aryl methyl sites for hydroxylation is 1. The van der Waals surface area contributed by atoms with Crippen molar-refractivity contribution in [3.8, 4) is 0 Å². The highest BCUT2D eigenvalue weighted by molar-refractivity contribution is 6.02. The summed E-state index contributed by atoms with van der Waals surface area (Å²) in [5, 5.41) is 3.00. The molecule has 2 aromatic rings. The Balaban J connectivity index is 1.51. The van der Waals surface area contributed by atoms with E-state index in [1.165, 1.54) is 18.4 Å². The summed E-state index contributed by atoms with van der Waals surface area (Å²) in [6.07, 6.45) is 4.75. The first-order valence-corrected chi connectivity index (χ1v) is 8.85. The van der Waals surface area contributed by atoms with Crippen molar-refractivity contribution in [3.63, 3.8) is 0 Å². The first-order valence-electron chi connectivity index (χ1n) is 8.85. The topological polar surface area (TPSA) is 54.9 Å². The zero-order valence-electron chi connectivity index (χ0n) is 14.2. The van der Waals surface area contributed by atoms with Crippen LogP contribution in [0.5, 0.6) is 0 Å². The average Bonchev–Trinajstić information content (AvgIpc) is 3.36. The normalized spacial score (nSPS) is 22.8. The van der Waals surface area contributed by atoms with Crippen molar-refractivity contribution in [3.05, 3.63) is 53.1 Å². The fourth-order valence-corrected chi connectivity index (χ4v) is 3.47. The predicted octanol–water partition coefficient (Wildman–Crippen LogP) is 4.43. The van der Waals surface area contributed by atoms with Gasteiger partial charge in [0.05, 0.1) is 0 Å². The molecule has 0 unspecified atom stereocenters. The molecule has 1 amide bonds. The van der Waals surface area contributed by atoms with Gasteiger partial charge in [-0.1, -0.05) is 19.1 Å². The van der Waals surface area contributed by atoms with Crippen LogP contribution in [0.25, 0.3) is 0 Å². The summed E-state index contributed by atoms with van der Waals surface area (Å²) in [5.41, 5.74) is 3.49. The molecular formula is C20H23N3O. The van der Waals surface area contributed by atoms with Crippen LogP contribution in [0.4, 0.5) is 5.69 Å². The first-order chi connectivity index (χ1) is 11.6. The van der Waals surface area contributed by atoms with Crippen molar-refractivity contribution in [1.29, 1.82) is 0 Å². The van der Waals surface area contributed by atoms with Gasteiger partial charge in [-0.25, -0.2) is 9.97 Å². The molecule has 124 valence electrons. The number of rotatable bonds is 4. The molecule has 0 aliphatic heterocycles. The maximum atomic E-state index is 12.6. The van der Waals surface area contributed by atoms with Crippen LogP contribution in [0.2, 0.25) is 0 Å². The van der Waals surface area contributed by atoms with Crippen molar-refractivity contribution in [1.82, 2.24) is 9.97 Å². The average molecular weight is 321 g/mol. The maximum absolute atomic E-state index is 12.6. The molecule has 0 spiro atoms. The Kier molecular flexibility index (Phi) is 3.83. The van der Waals surface area contributed by atoms with Crippen molar-refractivity contribution in [2.75, 3.05) is 5.32 Å². The zero-order chi connectivity index (χ0) is 16.7. The third-order valence-corrected chi connectivity index (χ3v) is 5.04. The number of amides is 1. The van der Waals surface area contributed by atoms with Crippen LogP contribution in [0.15, 0.2) is 30.3 Å². The maximum Gasteiger partial charge on any atom is 0.274 e. The SMILES string of the molecule is Cc1cc(C(=O)Nc2cccc(C3CC(C)C3)c2)nc(C2CC2)n1. The van der Waals surface area contributed by atoms with Crippen LogP contribution >= 0.6 is 0 Å². The lowest BCUT2D eigenvalue weighted by atomic mass is 9.72. The van der Waals surface area contributed by atoms with Gasteiger partial charge < -0.3 is 5.32 Å². The van der Waals surface area contributed by atoms with E-state index in [0.29, 0.717) is 17.5 Å². The second kappa shape index (κ2) is 6.00. The third kappa shape index (κ3) is 3.18. The Hall–Kier alpha value is -2.23. The van der Waals surface area contributed by atoms with Crippen LogP contribution in [0, 0.1) is 12.8 Å². The quantitative estimate of drug-likeness (QED) is 0.906. The number of nitrogens with one attached hydrogen (secondary N) is 1. The lowest BCUT2D eigenvalue weighted by molar-refractivity contribution is 0.102. The van der Waals surface area contributed by atoms with E-state index in [4.69, 9.17) is 0 Å². The standard InChI is InChI=1S/C20H23N3O/c1-12-8-16(9-12)15-4-3-5-17(11-15)22-20(24)18-10-13(2)21-19(23-18)14-6-7-14/h3-5,10-12,14,16H,6-9H2,1-2H3,(H,22,24). The molecule has 4 rings (SSSR count). The molecule has 4 nitrogen and oxygen atoms in total. The lowest BCUT2D eigenvalue weighted by Gasteiger charge is -2.33. The molecule has 1 N–H and O–H groups in total. The lowest BCUT2D eigenvalue weighted by Crippen LogP contribution is -2.19. The van der Waals surface area contributed by atoms with Crippen molar-refractivity contribution < 1.29 is 4.79 Å². The van der Waals surface area contributed by atoms with E-state index in [1.54, 1.807) is 6.07 Å². The highest BCUT2D eigenvalue weighted by Crippen LogP contribution is 2.41. The van der Waals surface area contributed by atoms with Crippen molar-refractivity contribution >= 4 is 11.6 Å². The van der Waals surface area contributed by atoms with Gasteiger partial charge in [-0.3, -0.25) is 4.79 Å². The predicted molar refractivity (Wildman–Crippen MR) is 94.3 cm³/mol. The molecule has 1 heterocycles. The Bertz CT molecular complexity index is 776. The van der Waals surface area contributed by atoms with Crippen molar-refractivity contribution in [2.24, 2.45) is 5.92 Å². The smallest absolute Gasteiger partial charge is 0.274 e. The summed E-state index contributed by atoms with van der Waals surface area (Å²) < 4.78 is 0. The monoisotopic (exact) mass is 321 g/mol. The Morgan fingerprint density at radius 3 is 2.62 bits per heavy atom. The van der Waals surface area contributed by atoms with Gasteiger partial charge in [0.25, 0.3) is 5.91 Å². The summed E-state index contributed by atoms with van der Waals surface area (Å²) in [6.45, 7) is 4.21. The first kappa shape index (κ1) is 15.3. The summed E-state index contributed by atoms with van der Waals surface area (Å²) in [7, 11) is 0. The number of aromatic nitrogens is 2. The molecule has 0 atom stereocenters. The van der Waals surface area contributed by atoms with E-state index in [9.17, 15) is 4.79 Å². The van der Waals surface area contributed by atoms with E-state index >= 15 is 0 Å². The van der Waals surface area contributed by atoms with Gasteiger partial charge in [-0.15, -0.1) is 0 Å². The van der Waals surface area contributed by atoms with Gasteiger partial charge in [-0.2, -0.15) is 0 Å². The largest absolute Gasteiger partial charge is 0.321 e. The molecule has 2 aliphatic rings. The number of carbonyl (C=O) groups excluding carboxylic acids is 1. The zero-order valence-corrected chi connectivity index (χ0v) is 14.2. The molecule has 2 saturated carbocycles. The molecule has 0 bridgehead atoms. The van der Waals surface area contributed by atoms with Gasteiger partial charge in [0.15, 0.2) is 0 Å². The van der Waals surface area contributed by atoms with Crippen LogP contribution in [-0.2, 0) is 0 Å². The molecule has 24 heavy (non-hydrogen) atoms. The van der Waals surface area contributed by atoms with Gasteiger partial charge in [0.2, 0.25) is 0 Å². The number of anilines is 1. The second-order valence-electron chi connectivity index (χ2n) is 7.38. The van der Waals surface area contributed by atoms with Crippen LogP contribution in [0.3, 0.4) is 0 Å². The van der Waals surface area contributed by atoms with E-state index in [-0.39, 0.29) is 5.91 Å². The van der Waals surface area contributed by atoms with Gasteiger partial charge in [0, 0.05) is 17.3 Å². The molecule has 0 radical (unpaired) electrons. The van der Waals surface area contributed by atoms with E-state index in [2.05, 4.69) is 34.3 Å². The number of hydrogen-bond donors (Lipinski definition) is 1. The minimum Gasteiger partial charge on any atom is -0.321 e. The highest BCUT2D eigenvalue weighted by Gasteiger charge is 2.28. The van der Waals surface area contributed by atoms with E-state index < -0.39 is 0 Å². The Morgan fingerprint density at radius 1 is 1.12 bits per heavy atom. The second-order valence-corrected chi connectivity index (χ2v) is 7.38. The molecule has 0 saturated heterocycles. The number of nitrogens with zero attached hydrogens (tertiary/aromatic N) is 2. The van der Waals surface area contributed by atoms with Crippen LogP contribution < -0.4 is 5.32 Å². The molecular weight excluding hydrogens is 298 g/mol. The fraction of sp³-hybridized carbons (Fsp3) is 0.450. The summed E-state index contributed by atoms with van der Waals surface area (Å²) in [5.74, 6) is 2.57. The number of hydrogen-bond acceptors (Lipinski definition) is 3. The fourth-order valence-electron chi connectivity index (χ4n) is 3.47. The minimum absolute atomic E-state index is 0.151. The molecule has 2 aliphatic carbocycles. The van der Waals surface area contributed by atoms with Gasteiger partial charge in [0.1, 0.15) is 11.5 Å².